The zero-order chi connectivity index (χ0) is 23.0. The summed E-state index contributed by atoms with van der Waals surface area (Å²) in [5.74, 6) is 0.413. The molecule has 2 aromatic carbocycles. The first-order valence-electron chi connectivity index (χ1n) is 11.1. The number of amidine groups is 1. The lowest BCUT2D eigenvalue weighted by molar-refractivity contribution is -0.122. The molecule has 168 valence electrons. The number of thioether (sulfide) groups is 1. The number of rotatable bonds is 4. The Labute approximate surface area is 200 Å². The SMILES string of the molecule is CCCN1C(=O)/C(=C/c2cc3c(cc2Cl)N(C)C(C)(C)CC3C)SC1=Nc1ccccc1. The molecule has 1 fully saturated rings. The van der Waals surface area contributed by atoms with Gasteiger partial charge in [-0.1, -0.05) is 43.6 Å². The number of carbonyl (C=O) groups excluding carboxylic acids is 1. The number of hydrogen-bond donors (Lipinski definition) is 0. The number of hydrogen-bond acceptors (Lipinski definition) is 4. The number of anilines is 1. The van der Waals surface area contributed by atoms with Crippen molar-refractivity contribution >= 4 is 51.9 Å². The van der Waals surface area contributed by atoms with Gasteiger partial charge in [0, 0.05) is 29.8 Å². The molecule has 6 heteroatoms. The zero-order valence-corrected chi connectivity index (χ0v) is 20.9. The summed E-state index contributed by atoms with van der Waals surface area (Å²) in [6.45, 7) is 9.50. The van der Waals surface area contributed by atoms with Crippen molar-refractivity contribution in [2.24, 2.45) is 4.99 Å². The van der Waals surface area contributed by atoms with Crippen LogP contribution in [0, 0.1) is 0 Å². The van der Waals surface area contributed by atoms with E-state index in [-0.39, 0.29) is 11.4 Å². The summed E-state index contributed by atoms with van der Waals surface area (Å²) < 4.78 is 0. The monoisotopic (exact) mass is 467 g/mol. The molecule has 0 saturated carbocycles. The van der Waals surface area contributed by atoms with E-state index in [4.69, 9.17) is 16.6 Å². The van der Waals surface area contributed by atoms with E-state index in [0.29, 0.717) is 22.4 Å². The molecule has 0 N–H and O–H groups in total. The maximum absolute atomic E-state index is 13.2. The molecule has 2 aromatic rings. The molecule has 0 bridgehead atoms. The van der Waals surface area contributed by atoms with E-state index in [9.17, 15) is 4.79 Å². The van der Waals surface area contributed by atoms with Crippen molar-refractivity contribution in [2.45, 2.75) is 52.0 Å². The Hall–Kier alpha value is -2.24. The van der Waals surface area contributed by atoms with Gasteiger partial charge in [-0.25, -0.2) is 4.99 Å². The number of halogens is 1. The summed E-state index contributed by atoms with van der Waals surface area (Å²) in [7, 11) is 2.13. The number of para-hydroxylation sites is 1. The first kappa shape index (κ1) is 22.9. The molecule has 0 spiro atoms. The second-order valence-corrected chi connectivity index (χ2v) is 10.6. The minimum Gasteiger partial charge on any atom is -0.369 e. The molecule has 0 radical (unpaired) electrons. The third-order valence-electron chi connectivity index (χ3n) is 6.35. The molecule has 2 aliphatic rings. The fraction of sp³-hybridized carbons (Fsp3) is 0.385. The molecular formula is C26H30ClN3OS. The Morgan fingerprint density at radius 1 is 1.25 bits per heavy atom. The van der Waals surface area contributed by atoms with Crippen LogP contribution in [-0.2, 0) is 4.79 Å². The van der Waals surface area contributed by atoms with Gasteiger partial charge in [0.2, 0.25) is 0 Å². The van der Waals surface area contributed by atoms with Gasteiger partial charge in [0.05, 0.1) is 10.6 Å². The van der Waals surface area contributed by atoms with Gasteiger partial charge in [-0.05, 0) is 85.8 Å². The van der Waals surface area contributed by atoms with Gasteiger partial charge >= 0.3 is 0 Å². The van der Waals surface area contributed by atoms with Crippen LogP contribution in [0.1, 0.15) is 57.6 Å². The van der Waals surface area contributed by atoms with E-state index in [1.807, 2.05) is 42.5 Å². The quantitative estimate of drug-likeness (QED) is 0.451. The van der Waals surface area contributed by atoms with Crippen LogP contribution < -0.4 is 4.90 Å². The molecule has 0 aliphatic carbocycles. The largest absolute Gasteiger partial charge is 0.369 e. The van der Waals surface area contributed by atoms with Crippen molar-refractivity contribution in [2.75, 3.05) is 18.5 Å². The summed E-state index contributed by atoms with van der Waals surface area (Å²) in [6.07, 6.45) is 3.87. The maximum atomic E-state index is 13.2. The number of nitrogens with zero attached hydrogens (tertiary/aromatic N) is 3. The molecule has 1 atom stereocenters. The van der Waals surface area contributed by atoms with Crippen LogP contribution in [0.3, 0.4) is 0 Å². The topological polar surface area (TPSA) is 35.9 Å². The molecular weight excluding hydrogens is 438 g/mol. The standard InChI is InChI=1S/C26H30ClN3OS/c1-6-12-30-24(31)23(32-25(30)28-19-10-8-7-9-11-19)14-18-13-20-17(2)16-26(3,4)29(5)22(20)15-21(18)27/h7-11,13-15,17H,6,12,16H2,1-5H3/b23-14-,28-25?. The second-order valence-electron chi connectivity index (χ2n) is 9.21. The number of aliphatic imine (C=N–C) groups is 1. The van der Waals surface area contributed by atoms with Crippen LogP contribution in [0.15, 0.2) is 52.4 Å². The minimum atomic E-state index is -0.00776. The highest BCUT2D eigenvalue weighted by Crippen LogP contribution is 2.45. The van der Waals surface area contributed by atoms with Gasteiger partial charge in [-0.2, -0.15) is 0 Å². The predicted octanol–water partition coefficient (Wildman–Crippen LogP) is 7.08. The lowest BCUT2D eigenvalue weighted by atomic mass is 9.80. The van der Waals surface area contributed by atoms with Crippen LogP contribution in [0.25, 0.3) is 6.08 Å². The van der Waals surface area contributed by atoms with Crippen LogP contribution in [0.4, 0.5) is 11.4 Å². The van der Waals surface area contributed by atoms with E-state index in [1.54, 1.807) is 4.90 Å². The van der Waals surface area contributed by atoms with Crippen LogP contribution >= 0.6 is 23.4 Å². The van der Waals surface area contributed by atoms with Gasteiger partial charge in [-0.3, -0.25) is 9.69 Å². The Bertz CT molecular complexity index is 1090. The third-order valence-corrected chi connectivity index (χ3v) is 7.69. The van der Waals surface area contributed by atoms with Gasteiger partial charge in [-0.15, -0.1) is 0 Å². The minimum absolute atomic E-state index is 0.00776. The second kappa shape index (κ2) is 8.95. The number of carbonyl (C=O) groups is 1. The Balaban J connectivity index is 1.72. The number of fused-ring (bicyclic) bond motifs is 1. The summed E-state index contributed by atoms with van der Waals surface area (Å²) >= 11 is 8.14. The molecule has 32 heavy (non-hydrogen) atoms. The lowest BCUT2D eigenvalue weighted by Gasteiger charge is -2.45. The Morgan fingerprint density at radius 3 is 2.66 bits per heavy atom. The molecule has 1 amide bonds. The van der Waals surface area contributed by atoms with E-state index in [1.165, 1.54) is 23.0 Å². The maximum Gasteiger partial charge on any atom is 0.266 e. The Kier molecular flexibility index (Phi) is 6.42. The lowest BCUT2D eigenvalue weighted by Crippen LogP contribution is -2.45. The highest BCUT2D eigenvalue weighted by molar-refractivity contribution is 8.18. The highest BCUT2D eigenvalue weighted by atomic mass is 35.5. The Morgan fingerprint density at radius 2 is 1.97 bits per heavy atom. The van der Waals surface area contributed by atoms with Crippen molar-refractivity contribution < 1.29 is 4.79 Å². The molecule has 4 nitrogen and oxygen atoms in total. The fourth-order valence-electron chi connectivity index (χ4n) is 4.48. The van der Waals surface area contributed by atoms with Crippen molar-refractivity contribution in [3.05, 3.63) is 63.5 Å². The van der Waals surface area contributed by atoms with E-state index < -0.39 is 0 Å². The van der Waals surface area contributed by atoms with E-state index >= 15 is 0 Å². The van der Waals surface area contributed by atoms with Gasteiger partial charge < -0.3 is 4.90 Å². The summed E-state index contributed by atoms with van der Waals surface area (Å²) in [5, 5.41) is 1.38. The third kappa shape index (κ3) is 4.33. The summed E-state index contributed by atoms with van der Waals surface area (Å²) in [5.41, 5.74) is 4.26. The fourth-order valence-corrected chi connectivity index (χ4v) is 5.71. The molecule has 1 unspecified atom stereocenters. The average Bonchev–Trinajstić information content (AvgIpc) is 3.03. The van der Waals surface area contributed by atoms with E-state index in [2.05, 4.69) is 45.7 Å². The van der Waals surface area contributed by atoms with Crippen LogP contribution in [0.5, 0.6) is 0 Å². The first-order chi connectivity index (χ1) is 15.2. The highest BCUT2D eigenvalue weighted by Gasteiger charge is 2.36. The molecule has 1 saturated heterocycles. The molecule has 2 aliphatic heterocycles. The van der Waals surface area contributed by atoms with Gasteiger partial charge in [0.25, 0.3) is 5.91 Å². The van der Waals surface area contributed by atoms with Crippen molar-refractivity contribution in [3.63, 3.8) is 0 Å². The predicted molar refractivity (Wildman–Crippen MR) is 138 cm³/mol. The van der Waals surface area contributed by atoms with Gasteiger partial charge in [0.1, 0.15) is 0 Å². The summed E-state index contributed by atoms with van der Waals surface area (Å²) in [6, 6.07) is 14.0. The molecule has 0 aromatic heterocycles. The van der Waals surface area contributed by atoms with Gasteiger partial charge in [0.15, 0.2) is 5.17 Å². The van der Waals surface area contributed by atoms with Crippen molar-refractivity contribution in [3.8, 4) is 0 Å². The zero-order valence-electron chi connectivity index (χ0n) is 19.4. The molecule has 4 rings (SSSR count). The summed E-state index contributed by atoms with van der Waals surface area (Å²) in [4.78, 5) is 22.7. The smallest absolute Gasteiger partial charge is 0.266 e. The first-order valence-corrected chi connectivity index (χ1v) is 12.3. The van der Waals surface area contributed by atoms with E-state index in [0.717, 1.165) is 29.3 Å². The van der Waals surface area contributed by atoms with Crippen molar-refractivity contribution in [1.82, 2.24) is 4.90 Å². The normalized spacial score (nSPS) is 22.7. The number of benzene rings is 2. The molecule has 2 heterocycles. The van der Waals surface area contributed by atoms with Crippen molar-refractivity contribution in [1.29, 1.82) is 0 Å². The number of amides is 1. The van der Waals surface area contributed by atoms with Crippen LogP contribution in [0.2, 0.25) is 5.02 Å². The van der Waals surface area contributed by atoms with Crippen LogP contribution in [-0.4, -0.2) is 35.1 Å². The average molecular weight is 468 g/mol.